The molecule has 0 aromatic heterocycles. The van der Waals surface area contributed by atoms with Crippen LogP contribution in [0, 0.1) is 23.7 Å². The number of rotatable bonds is 11. The molecular weight excluding hydrogens is 692 g/mol. The van der Waals surface area contributed by atoms with E-state index in [4.69, 9.17) is 29.4 Å². The molecule has 3 aliphatic rings. The summed E-state index contributed by atoms with van der Waals surface area (Å²) >= 11 is 0. The number of Topliss-reactive ketones (excluding diaryl/α,β-unsaturated/α-hetero) is 1. The van der Waals surface area contributed by atoms with Crippen LogP contribution in [0.1, 0.15) is 51.7 Å². The number of ketones is 1. The van der Waals surface area contributed by atoms with Crippen molar-refractivity contribution in [3.05, 3.63) is 95.1 Å². The Kier molecular flexibility index (Phi) is 12.9. The van der Waals surface area contributed by atoms with Gasteiger partial charge in [-0.15, -0.1) is 0 Å². The molecule has 54 heavy (non-hydrogen) atoms. The van der Waals surface area contributed by atoms with E-state index in [1.54, 1.807) is 32.2 Å². The molecule has 2 aromatic rings. The molecule has 1 aliphatic heterocycles. The van der Waals surface area contributed by atoms with Crippen molar-refractivity contribution in [3.63, 3.8) is 0 Å². The summed E-state index contributed by atoms with van der Waals surface area (Å²) in [5.74, 6) is -3.88. The molecule has 2 aliphatic carbocycles. The number of nitrogens with two attached hydrogens (primary N) is 1. The number of fused-ring (bicyclic) bond motifs is 3. The van der Waals surface area contributed by atoms with Crippen molar-refractivity contribution in [2.75, 3.05) is 33.9 Å². The number of esters is 1. The first-order valence-corrected chi connectivity index (χ1v) is 18.5. The Morgan fingerprint density at radius 2 is 1.78 bits per heavy atom. The normalized spacial score (nSPS) is 29.5. The average Bonchev–Trinajstić information content (AvgIpc) is 3.26. The van der Waals surface area contributed by atoms with Gasteiger partial charge in [-0.3, -0.25) is 9.59 Å². The summed E-state index contributed by atoms with van der Waals surface area (Å²) in [6, 6.07) is 14.2. The quantitative estimate of drug-likeness (QED) is 0.211. The van der Waals surface area contributed by atoms with Crippen molar-refractivity contribution in [3.8, 4) is 11.5 Å². The number of carbonyl (C=O) groups is 3. The molecule has 1 amide bonds. The fourth-order valence-corrected chi connectivity index (χ4v) is 8.07. The van der Waals surface area contributed by atoms with E-state index in [2.05, 4.69) is 13.5 Å². The number of amides is 1. The zero-order valence-corrected chi connectivity index (χ0v) is 32.1. The van der Waals surface area contributed by atoms with Gasteiger partial charge in [-0.05, 0) is 73.4 Å². The summed E-state index contributed by atoms with van der Waals surface area (Å²) in [5, 5.41) is 24.3. The molecule has 8 atom stereocenters. The first-order chi connectivity index (χ1) is 25.6. The maximum absolute atomic E-state index is 13.7. The number of benzene rings is 2. The molecular formula is C42H54N2O10. The molecule has 1 fully saturated rings. The van der Waals surface area contributed by atoms with E-state index in [9.17, 15) is 24.6 Å². The molecule has 1 heterocycles. The second kappa shape index (κ2) is 17.0. The van der Waals surface area contributed by atoms with E-state index < -0.39 is 47.7 Å². The van der Waals surface area contributed by atoms with Crippen LogP contribution in [0.3, 0.4) is 0 Å². The van der Waals surface area contributed by atoms with Crippen molar-refractivity contribution >= 4 is 17.8 Å². The molecule has 6 unspecified atom stereocenters. The number of aliphatic hydroxyl groups is 2. The fraction of sp³-hybridized carbons (Fsp3) is 0.500. The van der Waals surface area contributed by atoms with Crippen LogP contribution in [0.4, 0.5) is 4.79 Å². The highest BCUT2D eigenvalue weighted by molar-refractivity contribution is 6.04. The second-order valence-electron chi connectivity index (χ2n) is 15.0. The van der Waals surface area contributed by atoms with E-state index in [1.807, 2.05) is 56.3 Å². The van der Waals surface area contributed by atoms with E-state index in [0.29, 0.717) is 35.2 Å². The summed E-state index contributed by atoms with van der Waals surface area (Å²) in [6.45, 7) is 12.1. The number of ether oxygens (including phenoxy) is 5. The van der Waals surface area contributed by atoms with Crippen LogP contribution < -0.4 is 15.2 Å². The van der Waals surface area contributed by atoms with Gasteiger partial charge in [-0.1, -0.05) is 67.6 Å². The number of likely N-dealkylation sites (N-methyl/N-ethyl adjacent to an activating group) is 1. The van der Waals surface area contributed by atoms with Gasteiger partial charge in [0.1, 0.15) is 12.2 Å². The lowest BCUT2D eigenvalue weighted by molar-refractivity contribution is -0.384. The zero-order valence-electron chi connectivity index (χ0n) is 32.1. The molecule has 0 spiro atoms. The van der Waals surface area contributed by atoms with Crippen molar-refractivity contribution in [2.45, 2.75) is 77.2 Å². The minimum absolute atomic E-state index is 0.0365. The summed E-state index contributed by atoms with van der Waals surface area (Å²) in [4.78, 5) is 40.7. The number of nitrogens with zero attached hydrogens (tertiary/aromatic N) is 1. The van der Waals surface area contributed by atoms with Crippen LogP contribution in [0.15, 0.2) is 84.0 Å². The van der Waals surface area contributed by atoms with E-state index >= 15 is 0 Å². The highest BCUT2D eigenvalue weighted by Crippen LogP contribution is 2.51. The minimum Gasteiger partial charge on any atom is -0.493 e. The maximum Gasteiger partial charge on any atom is 0.415 e. The summed E-state index contributed by atoms with van der Waals surface area (Å²) < 4.78 is 29.5. The van der Waals surface area contributed by atoms with Gasteiger partial charge in [-0.2, -0.15) is 0 Å². The van der Waals surface area contributed by atoms with Gasteiger partial charge in [0.05, 0.1) is 32.2 Å². The van der Waals surface area contributed by atoms with Crippen molar-refractivity contribution in [2.24, 2.45) is 29.4 Å². The van der Waals surface area contributed by atoms with Crippen LogP contribution in [-0.4, -0.2) is 90.6 Å². The van der Waals surface area contributed by atoms with Gasteiger partial charge in [-0.25, -0.2) is 4.79 Å². The van der Waals surface area contributed by atoms with Gasteiger partial charge in [0.2, 0.25) is 0 Å². The Balaban J connectivity index is 1.41. The van der Waals surface area contributed by atoms with E-state index in [1.165, 1.54) is 12.0 Å². The van der Waals surface area contributed by atoms with Gasteiger partial charge in [0.25, 0.3) is 5.97 Å². The van der Waals surface area contributed by atoms with Crippen LogP contribution in [0.5, 0.6) is 11.5 Å². The molecule has 2 aromatic carbocycles. The molecule has 0 saturated carbocycles. The van der Waals surface area contributed by atoms with E-state index in [0.717, 1.165) is 5.56 Å². The third-order valence-electron chi connectivity index (χ3n) is 10.8. The standard InChI is InChI=1S/C42H54N2O10/c1-25(2)35-18-26(3)38-32(28(5)53-42(49,54-35)23-29-11-9-8-10-12-29)19-31(22-41(48)33(38)17-27(4)39(41)46)24-51-37(45)21-30-13-14-34(36(20-30)50-7)52-40(47)44(6)16-15-43/h8-14,17,19-20,26,28,32-33,35,38,48-49H,1,15-16,18,21-24,43H2,2-7H3/t26-,28?,32?,33?,35?,38?,41?,42-/m1/s1. The van der Waals surface area contributed by atoms with Crippen molar-refractivity contribution in [1.29, 1.82) is 0 Å². The van der Waals surface area contributed by atoms with Gasteiger partial charge >= 0.3 is 12.1 Å². The Morgan fingerprint density at radius 1 is 1.06 bits per heavy atom. The molecule has 0 bridgehead atoms. The number of carbonyl (C=O) groups excluding carboxylic acids is 3. The van der Waals surface area contributed by atoms with Crippen LogP contribution in [0.25, 0.3) is 0 Å². The lowest BCUT2D eigenvalue weighted by atomic mass is 9.67. The van der Waals surface area contributed by atoms with Crippen LogP contribution in [0.2, 0.25) is 0 Å². The van der Waals surface area contributed by atoms with E-state index in [-0.39, 0.29) is 61.5 Å². The molecule has 0 radical (unpaired) electrons. The largest absolute Gasteiger partial charge is 0.493 e. The van der Waals surface area contributed by atoms with Crippen molar-refractivity contribution in [1.82, 2.24) is 4.90 Å². The smallest absolute Gasteiger partial charge is 0.415 e. The minimum atomic E-state index is -2.01. The highest BCUT2D eigenvalue weighted by atomic mass is 16.8. The SMILES string of the molecule is C=C(C)C1C[C@@H](C)C2C(C=C(COC(=O)Cc3ccc(OC(=O)N(C)CCN)c(OC)c3)CC3(O)C(=O)C(C)=CC23)C(C)O[C@](O)(Cc2ccccc2)O1. The lowest BCUT2D eigenvalue weighted by Crippen LogP contribution is -2.48. The molecule has 292 valence electrons. The zero-order chi connectivity index (χ0) is 39.4. The number of methoxy groups -OCH3 is 1. The molecule has 12 heteroatoms. The first-order valence-electron chi connectivity index (χ1n) is 18.5. The molecule has 4 N–H and O–H groups in total. The lowest BCUT2D eigenvalue weighted by Gasteiger charge is -2.40. The third-order valence-corrected chi connectivity index (χ3v) is 10.8. The van der Waals surface area contributed by atoms with Gasteiger partial charge < -0.3 is 44.5 Å². The van der Waals surface area contributed by atoms with Crippen LogP contribution in [-0.2, 0) is 36.6 Å². The Hall–Kier alpha value is -4.33. The molecule has 1 saturated heterocycles. The topological polar surface area (TPSA) is 167 Å². The predicted molar refractivity (Wildman–Crippen MR) is 201 cm³/mol. The second-order valence-corrected chi connectivity index (χ2v) is 15.0. The van der Waals surface area contributed by atoms with Crippen LogP contribution >= 0.6 is 0 Å². The summed E-state index contributed by atoms with van der Waals surface area (Å²) in [6.07, 6.45) is 2.36. The monoisotopic (exact) mass is 746 g/mol. The van der Waals surface area contributed by atoms with Crippen molar-refractivity contribution < 1.29 is 48.3 Å². The fourth-order valence-electron chi connectivity index (χ4n) is 8.07. The Morgan fingerprint density at radius 3 is 2.44 bits per heavy atom. The Bertz CT molecular complexity index is 1780. The summed E-state index contributed by atoms with van der Waals surface area (Å²) in [7, 11) is 3.00. The van der Waals surface area contributed by atoms with Gasteiger partial charge in [0.15, 0.2) is 17.3 Å². The average molecular weight is 747 g/mol. The molecule has 12 nitrogen and oxygen atoms in total. The maximum atomic E-state index is 13.7. The summed E-state index contributed by atoms with van der Waals surface area (Å²) in [5.41, 5.74) is 6.90. The van der Waals surface area contributed by atoms with Gasteiger partial charge in [0, 0.05) is 38.4 Å². The first kappa shape index (κ1) is 40.8. The predicted octanol–water partition coefficient (Wildman–Crippen LogP) is 4.90. The number of hydrogen-bond acceptors (Lipinski definition) is 11. The number of hydrogen-bond donors (Lipinski definition) is 3. The third kappa shape index (κ3) is 9.13. The Labute approximate surface area is 317 Å². The molecule has 5 rings (SSSR count). The highest BCUT2D eigenvalue weighted by Gasteiger charge is 2.56.